The number of aliphatic hydroxyl groups is 1. The molecule has 2 aromatic carbocycles. The van der Waals surface area contributed by atoms with Crippen LogP contribution in [-0.4, -0.2) is 91.8 Å². The Kier molecular flexibility index (Phi) is 9.01. The molecular formula is C36H42N4O7. The molecule has 3 atom stereocenters. The molecule has 0 aliphatic carbocycles. The fourth-order valence-electron chi connectivity index (χ4n) is 6.76. The predicted octanol–water partition coefficient (Wildman–Crippen LogP) is 5.26. The summed E-state index contributed by atoms with van der Waals surface area (Å²) < 4.78 is 23.4. The van der Waals surface area contributed by atoms with E-state index in [-0.39, 0.29) is 17.9 Å². The average molecular weight is 643 g/mol. The van der Waals surface area contributed by atoms with Gasteiger partial charge in [0, 0.05) is 37.1 Å². The first-order valence-electron chi connectivity index (χ1n) is 15.9. The fourth-order valence-corrected chi connectivity index (χ4v) is 6.76. The van der Waals surface area contributed by atoms with Crippen LogP contribution in [0, 0.1) is 0 Å². The van der Waals surface area contributed by atoms with E-state index in [0.29, 0.717) is 83.9 Å². The van der Waals surface area contributed by atoms with Crippen LogP contribution in [0.15, 0.2) is 65.8 Å². The number of amides is 2. The summed E-state index contributed by atoms with van der Waals surface area (Å²) in [5.41, 5.74) is 4.54. The molecule has 248 valence electrons. The summed E-state index contributed by atoms with van der Waals surface area (Å²) in [6, 6.07) is 6.41. The van der Waals surface area contributed by atoms with Gasteiger partial charge in [0.05, 0.1) is 62.0 Å². The van der Waals surface area contributed by atoms with Gasteiger partial charge in [-0.15, -0.1) is 0 Å². The van der Waals surface area contributed by atoms with E-state index in [1.165, 1.54) is 7.11 Å². The molecule has 11 nitrogen and oxygen atoms in total. The van der Waals surface area contributed by atoms with Crippen molar-refractivity contribution in [3.05, 3.63) is 72.0 Å². The van der Waals surface area contributed by atoms with Gasteiger partial charge in [-0.2, -0.15) is 0 Å². The van der Waals surface area contributed by atoms with Crippen molar-refractivity contribution in [3.8, 4) is 23.0 Å². The zero-order valence-corrected chi connectivity index (χ0v) is 27.3. The molecule has 4 aliphatic rings. The summed E-state index contributed by atoms with van der Waals surface area (Å²) in [5.74, 6) is 1.67. The van der Waals surface area contributed by atoms with Gasteiger partial charge in [0.1, 0.15) is 0 Å². The molecule has 47 heavy (non-hydrogen) atoms. The lowest BCUT2D eigenvalue weighted by atomic mass is 10.1. The van der Waals surface area contributed by atoms with Gasteiger partial charge in [-0.25, -0.2) is 0 Å². The smallest absolute Gasteiger partial charge is 0.257 e. The first-order valence-corrected chi connectivity index (χ1v) is 15.9. The Labute approximate surface area is 275 Å². The number of aliphatic hydroxyl groups excluding tert-OH is 1. The van der Waals surface area contributed by atoms with Crippen molar-refractivity contribution in [2.75, 3.05) is 45.4 Å². The van der Waals surface area contributed by atoms with Crippen molar-refractivity contribution in [2.24, 2.45) is 4.99 Å². The Morgan fingerprint density at radius 1 is 0.851 bits per heavy atom. The van der Waals surface area contributed by atoms with Crippen molar-refractivity contribution >= 4 is 29.4 Å². The molecule has 0 radical (unpaired) electrons. The highest BCUT2D eigenvalue weighted by molar-refractivity contribution is 6.04. The second kappa shape index (κ2) is 13.2. The van der Waals surface area contributed by atoms with Crippen molar-refractivity contribution in [1.82, 2.24) is 9.80 Å². The maximum atomic E-state index is 13.6. The summed E-state index contributed by atoms with van der Waals surface area (Å²) in [5, 5.41) is 11.3. The molecular weight excluding hydrogens is 600 g/mol. The molecule has 3 unspecified atom stereocenters. The van der Waals surface area contributed by atoms with Crippen LogP contribution in [0.4, 0.5) is 11.4 Å². The maximum absolute atomic E-state index is 13.6. The topological polar surface area (TPSA) is 113 Å². The number of nitrogens with zero attached hydrogens (tertiary/aromatic N) is 4. The minimum Gasteiger partial charge on any atom is -0.493 e. The zero-order chi connectivity index (χ0) is 33.4. The van der Waals surface area contributed by atoms with Gasteiger partial charge in [0.2, 0.25) is 0 Å². The highest BCUT2D eigenvalue weighted by Gasteiger charge is 2.44. The SMILES string of the molecule is C=C1CC2C=Nc3cc(OCCCCCOc4cc5c(cc4OC)C(=O)N4CC(=C)CC4C(O)N5C(=C)C)c(OC)cc3C(=O)N2C1. The van der Waals surface area contributed by atoms with Crippen LogP contribution in [-0.2, 0) is 0 Å². The summed E-state index contributed by atoms with van der Waals surface area (Å²) in [4.78, 5) is 36.6. The number of allylic oxidation sites excluding steroid dienone is 1. The minimum absolute atomic E-state index is 0.0801. The Hall–Kier alpha value is -4.77. The van der Waals surface area contributed by atoms with Gasteiger partial charge >= 0.3 is 0 Å². The van der Waals surface area contributed by atoms with E-state index in [9.17, 15) is 14.7 Å². The number of hydrogen-bond acceptors (Lipinski definition) is 9. The number of benzene rings is 2. The van der Waals surface area contributed by atoms with Crippen molar-refractivity contribution < 1.29 is 33.6 Å². The lowest BCUT2D eigenvalue weighted by molar-refractivity contribution is 0.0530. The van der Waals surface area contributed by atoms with Crippen LogP contribution in [0.5, 0.6) is 23.0 Å². The first-order chi connectivity index (χ1) is 22.6. The molecule has 2 aromatic rings. The number of carbonyl (C=O) groups excluding carboxylic acids is 2. The maximum Gasteiger partial charge on any atom is 0.257 e. The van der Waals surface area contributed by atoms with Crippen molar-refractivity contribution in [1.29, 1.82) is 0 Å². The number of unbranched alkanes of at least 4 members (excludes halogenated alkanes) is 2. The van der Waals surface area contributed by atoms with Crippen LogP contribution in [0.25, 0.3) is 0 Å². The lowest BCUT2D eigenvalue weighted by Gasteiger charge is -2.34. The average Bonchev–Trinajstić information content (AvgIpc) is 3.58. The second-order valence-corrected chi connectivity index (χ2v) is 12.5. The summed E-state index contributed by atoms with van der Waals surface area (Å²) in [6.07, 6.45) is 4.42. The van der Waals surface area contributed by atoms with Crippen LogP contribution in [0.3, 0.4) is 0 Å². The highest BCUT2D eigenvalue weighted by atomic mass is 16.5. The molecule has 0 spiro atoms. The molecule has 0 bridgehead atoms. The number of rotatable bonds is 11. The van der Waals surface area contributed by atoms with Gasteiger partial charge in [0.25, 0.3) is 11.8 Å². The summed E-state index contributed by atoms with van der Waals surface area (Å²) in [6.45, 7) is 15.7. The first kappa shape index (κ1) is 32.2. The number of fused-ring (bicyclic) bond motifs is 4. The molecule has 0 saturated carbocycles. The van der Waals surface area contributed by atoms with E-state index in [4.69, 9.17) is 18.9 Å². The van der Waals surface area contributed by atoms with E-state index < -0.39 is 12.3 Å². The van der Waals surface area contributed by atoms with Crippen LogP contribution in [0.1, 0.15) is 59.7 Å². The molecule has 4 heterocycles. The lowest BCUT2D eigenvalue weighted by Crippen LogP contribution is -2.47. The van der Waals surface area contributed by atoms with E-state index in [0.717, 1.165) is 36.8 Å². The third-order valence-corrected chi connectivity index (χ3v) is 9.10. The molecule has 11 heteroatoms. The Morgan fingerprint density at radius 3 is 2.11 bits per heavy atom. The number of aliphatic imine (C=N–C) groups is 1. The van der Waals surface area contributed by atoms with E-state index in [1.54, 1.807) is 53.0 Å². The van der Waals surface area contributed by atoms with Crippen LogP contribution < -0.4 is 23.8 Å². The zero-order valence-electron chi connectivity index (χ0n) is 27.3. The van der Waals surface area contributed by atoms with Gasteiger partial charge in [-0.05, 0) is 51.2 Å². The van der Waals surface area contributed by atoms with Crippen LogP contribution in [0.2, 0.25) is 0 Å². The molecule has 2 fully saturated rings. The van der Waals surface area contributed by atoms with Crippen molar-refractivity contribution in [3.63, 3.8) is 0 Å². The van der Waals surface area contributed by atoms with Crippen LogP contribution >= 0.6 is 0 Å². The molecule has 6 rings (SSSR count). The molecule has 4 aliphatic heterocycles. The summed E-state index contributed by atoms with van der Waals surface area (Å²) in [7, 11) is 3.09. The monoisotopic (exact) mass is 642 g/mol. The number of anilines is 1. The summed E-state index contributed by atoms with van der Waals surface area (Å²) >= 11 is 0. The number of ether oxygens (including phenoxy) is 4. The van der Waals surface area contributed by atoms with Gasteiger partial charge < -0.3 is 38.8 Å². The Morgan fingerprint density at radius 2 is 1.45 bits per heavy atom. The Bertz CT molecular complexity index is 1670. The normalized spacial score (nSPS) is 21.5. The third-order valence-electron chi connectivity index (χ3n) is 9.10. The molecule has 0 aromatic heterocycles. The van der Waals surface area contributed by atoms with Gasteiger partial charge in [-0.1, -0.05) is 30.9 Å². The molecule has 2 amide bonds. The highest BCUT2D eigenvalue weighted by Crippen LogP contribution is 2.43. The van der Waals surface area contributed by atoms with Gasteiger partial charge in [-0.3, -0.25) is 14.6 Å². The third kappa shape index (κ3) is 6.07. The number of carbonyl (C=O) groups is 2. The van der Waals surface area contributed by atoms with Crippen molar-refractivity contribution in [2.45, 2.75) is 57.3 Å². The number of hydrogen-bond donors (Lipinski definition) is 1. The largest absolute Gasteiger partial charge is 0.493 e. The minimum atomic E-state index is -0.971. The molecule has 2 saturated heterocycles. The molecule has 1 N–H and O–H groups in total. The van der Waals surface area contributed by atoms with Gasteiger partial charge in [0.15, 0.2) is 29.2 Å². The van der Waals surface area contributed by atoms with E-state index in [2.05, 4.69) is 24.7 Å². The van der Waals surface area contributed by atoms with E-state index >= 15 is 0 Å². The second-order valence-electron chi connectivity index (χ2n) is 12.5. The Balaban J connectivity index is 1.07. The predicted molar refractivity (Wildman–Crippen MR) is 179 cm³/mol. The number of methoxy groups -OCH3 is 2. The fraction of sp³-hybridized carbons (Fsp3) is 0.417. The van der Waals surface area contributed by atoms with E-state index in [1.807, 2.05) is 6.21 Å². The standard InChI is InChI=1S/C36H42N4O7/c1-21(2)40-28-17-33(31(45-6)15-26(28)35(42)39-20-23(4)13-29(39)36(40)43)47-11-9-7-8-10-46-32-16-27-25(14-30(32)44-5)34(41)38-19-22(3)12-24(38)18-37-27/h14-18,24,29,36,43H,1,3-4,7-13,19-20H2,2,5-6H3. The quantitative estimate of drug-likeness (QED) is 0.261.